The number of carboxylic acids is 1. The number of hydrogen-bond donors (Lipinski definition) is 1. The molecule has 2 heterocycles. The second-order valence-electron chi connectivity index (χ2n) is 9.78. The summed E-state index contributed by atoms with van der Waals surface area (Å²) in [7, 11) is 3.01. The van der Waals surface area contributed by atoms with Gasteiger partial charge in [-0.3, -0.25) is 4.79 Å². The number of hydrogen-bond acceptors (Lipinski definition) is 5. The summed E-state index contributed by atoms with van der Waals surface area (Å²) in [6.45, 7) is 7.54. The number of benzene rings is 2. The summed E-state index contributed by atoms with van der Waals surface area (Å²) in [4.78, 5) is 25.9. The Labute approximate surface area is 203 Å². The van der Waals surface area contributed by atoms with E-state index in [0.29, 0.717) is 40.7 Å². The zero-order chi connectivity index (χ0) is 25.7. The van der Waals surface area contributed by atoms with Crippen molar-refractivity contribution in [2.45, 2.75) is 52.2 Å². The molecule has 8 heteroatoms. The van der Waals surface area contributed by atoms with Gasteiger partial charge in [-0.1, -0.05) is 0 Å². The highest BCUT2D eigenvalue weighted by molar-refractivity contribution is 6.00. The van der Waals surface area contributed by atoms with Crippen LogP contribution in [-0.2, 0) is 23.0 Å². The maximum Gasteiger partial charge on any atom is 0.339 e. The van der Waals surface area contributed by atoms with Crippen molar-refractivity contribution in [3.63, 3.8) is 0 Å². The first-order valence-corrected chi connectivity index (χ1v) is 11.5. The predicted molar refractivity (Wildman–Crippen MR) is 131 cm³/mol. The Morgan fingerprint density at radius 3 is 2.57 bits per heavy atom. The van der Waals surface area contributed by atoms with Crippen molar-refractivity contribution in [1.82, 2.24) is 4.57 Å². The lowest BCUT2D eigenvalue weighted by atomic mass is 9.87. The predicted octanol–water partition coefficient (Wildman–Crippen LogP) is 4.93. The van der Waals surface area contributed by atoms with Crippen molar-refractivity contribution in [3.8, 4) is 22.6 Å². The maximum atomic E-state index is 15.3. The Bertz CT molecular complexity index is 1390. The van der Waals surface area contributed by atoms with Gasteiger partial charge in [0.1, 0.15) is 5.75 Å². The van der Waals surface area contributed by atoms with E-state index in [1.165, 1.54) is 24.8 Å². The van der Waals surface area contributed by atoms with E-state index in [-0.39, 0.29) is 11.4 Å². The van der Waals surface area contributed by atoms with E-state index in [9.17, 15) is 14.7 Å². The van der Waals surface area contributed by atoms with Crippen molar-refractivity contribution < 1.29 is 28.5 Å². The number of carboxylic acid groups (broad SMARTS) is 1. The van der Waals surface area contributed by atoms with Crippen LogP contribution in [0.3, 0.4) is 0 Å². The number of aliphatic carboxylic acids is 1. The van der Waals surface area contributed by atoms with E-state index in [1.54, 1.807) is 39.0 Å². The normalized spacial score (nSPS) is 14.4. The quantitative estimate of drug-likeness (QED) is 0.554. The first-order chi connectivity index (χ1) is 16.4. The maximum absolute atomic E-state index is 15.3. The van der Waals surface area contributed by atoms with Crippen LogP contribution in [0.2, 0.25) is 0 Å². The largest absolute Gasteiger partial charge is 0.497 e. The van der Waals surface area contributed by atoms with E-state index in [0.717, 1.165) is 17.5 Å². The van der Waals surface area contributed by atoms with Crippen LogP contribution in [0.4, 0.5) is 4.39 Å². The number of rotatable bonds is 5. The van der Waals surface area contributed by atoms with Gasteiger partial charge in [-0.15, -0.1) is 0 Å². The van der Waals surface area contributed by atoms with E-state index in [2.05, 4.69) is 0 Å². The van der Waals surface area contributed by atoms with Crippen LogP contribution < -0.4 is 15.0 Å². The van der Waals surface area contributed by atoms with Gasteiger partial charge in [0, 0.05) is 18.2 Å². The fourth-order valence-corrected chi connectivity index (χ4v) is 4.73. The van der Waals surface area contributed by atoms with Gasteiger partial charge in [-0.05, 0) is 81.3 Å². The third-order valence-corrected chi connectivity index (χ3v) is 6.30. The molecule has 0 amide bonds. The summed E-state index contributed by atoms with van der Waals surface area (Å²) in [6.07, 6.45) is -0.0803. The molecule has 4 rings (SSSR count). The van der Waals surface area contributed by atoms with Crippen molar-refractivity contribution >= 4 is 16.7 Å². The van der Waals surface area contributed by atoms with Crippen molar-refractivity contribution in [2.75, 3.05) is 13.7 Å². The summed E-state index contributed by atoms with van der Waals surface area (Å²) in [6, 6.07) is 6.38. The molecule has 0 fully saturated rings. The van der Waals surface area contributed by atoms with Crippen molar-refractivity contribution in [2.24, 2.45) is 7.05 Å². The highest BCUT2D eigenvalue weighted by Crippen LogP contribution is 2.43. The number of nitrogens with zero attached hydrogens (tertiary/aromatic N) is 1. The highest BCUT2D eigenvalue weighted by atomic mass is 19.1. The fourth-order valence-electron chi connectivity index (χ4n) is 4.73. The van der Waals surface area contributed by atoms with Crippen molar-refractivity contribution in [1.29, 1.82) is 0 Å². The summed E-state index contributed by atoms with van der Waals surface area (Å²) < 4.78 is 33.5. The van der Waals surface area contributed by atoms with Crippen LogP contribution in [0.1, 0.15) is 50.1 Å². The first kappa shape index (κ1) is 24.7. The Kier molecular flexibility index (Phi) is 6.36. The van der Waals surface area contributed by atoms with Gasteiger partial charge in [-0.2, -0.15) is 0 Å². The molecule has 0 spiro atoms. The molecular weight excluding hydrogens is 453 g/mol. The molecule has 1 aliphatic heterocycles. The molecule has 0 saturated carbocycles. The average molecular weight is 484 g/mol. The van der Waals surface area contributed by atoms with Crippen LogP contribution in [0.5, 0.6) is 11.5 Å². The number of halogens is 1. The molecule has 1 N–H and O–H groups in total. The molecule has 1 aromatic heterocycles. The van der Waals surface area contributed by atoms with Gasteiger partial charge in [0.05, 0.1) is 30.4 Å². The fraction of sp³-hybridized carbons (Fsp3) is 0.407. The molecule has 0 saturated heterocycles. The summed E-state index contributed by atoms with van der Waals surface area (Å²) >= 11 is 0. The van der Waals surface area contributed by atoms with Gasteiger partial charge in [0.25, 0.3) is 5.56 Å². The summed E-state index contributed by atoms with van der Waals surface area (Å²) in [5, 5.41) is 11.0. The molecule has 0 unspecified atom stereocenters. The highest BCUT2D eigenvalue weighted by Gasteiger charge is 2.34. The lowest BCUT2D eigenvalue weighted by molar-refractivity contribution is -0.161. The minimum absolute atomic E-state index is 0.147. The molecule has 0 aliphatic carbocycles. The minimum atomic E-state index is -1.47. The number of fused-ring (bicyclic) bond motifs is 2. The molecule has 3 aromatic rings. The van der Waals surface area contributed by atoms with E-state index >= 15 is 4.39 Å². The average Bonchev–Trinajstić information content (AvgIpc) is 2.81. The second-order valence-corrected chi connectivity index (χ2v) is 9.78. The molecule has 35 heavy (non-hydrogen) atoms. The SMILES string of the molecule is COc1ccc2c(-c3cc(F)c4c(c3C)CCCO4)c([C@H](OC(C)(C)C)C(=O)O)n(C)c(=O)c2c1. The second kappa shape index (κ2) is 9.00. The smallest absolute Gasteiger partial charge is 0.339 e. The van der Waals surface area contributed by atoms with E-state index in [4.69, 9.17) is 14.2 Å². The molecule has 0 radical (unpaired) electrons. The minimum Gasteiger partial charge on any atom is -0.497 e. The molecule has 1 atom stereocenters. The number of carbonyl (C=O) groups is 1. The zero-order valence-corrected chi connectivity index (χ0v) is 20.8. The molecule has 7 nitrogen and oxygen atoms in total. The Hall–Kier alpha value is -3.39. The van der Waals surface area contributed by atoms with Gasteiger partial charge >= 0.3 is 5.97 Å². The Balaban J connectivity index is 2.18. The topological polar surface area (TPSA) is 87.0 Å². The monoisotopic (exact) mass is 483 g/mol. The summed E-state index contributed by atoms with van der Waals surface area (Å²) in [5.74, 6) is -1.06. The Morgan fingerprint density at radius 1 is 1.23 bits per heavy atom. The van der Waals surface area contributed by atoms with Crippen LogP contribution >= 0.6 is 0 Å². The van der Waals surface area contributed by atoms with Crippen molar-refractivity contribution in [3.05, 3.63) is 57.3 Å². The molecule has 0 bridgehead atoms. The summed E-state index contributed by atoms with van der Waals surface area (Å²) in [5.41, 5.74) is 1.38. The van der Waals surface area contributed by atoms with E-state index < -0.39 is 29.1 Å². The van der Waals surface area contributed by atoms with Crippen LogP contribution in [0.25, 0.3) is 21.9 Å². The molecule has 186 valence electrons. The first-order valence-electron chi connectivity index (χ1n) is 11.5. The standard InChI is InChI=1S/C27H30FNO6/c1-14-16-8-7-11-34-23(16)20(28)13-18(14)21-17-10-9-15(33-6)12-19(17)25(30)29(5)22(21)24(26(31)32)35-27(2,3)4/h9-10,12-13,24H,7-8,11H2,1-6H3,(H,31,32)/t24-/m0/s1. The number of ether oxygens (including phenoxy) is 3. The van der Waals surface area contributed by atoms with E-state index in [1.807, 2.05) is 6.92 Å². The van der Waals surface area contributed by atoms with Gasteiger partial charge < -0.3 is 23.9 Å². The van der Waals surface area contributed by atoms with Gasteiger partial charge in [0.15, 0.2) is 17.7 Å². The molecule has 2 aromatic carbocycles. The van der Waals surface area contributed by atoms with Crippen LogP contribution in [0, 0.1) is 12.7 Å². The number of aromatic nitrogens is 1. The third-order valence-electron chi connectivity index (χ3n) is 6.30. The molecular formula is C27H30FNO6. The number of pyridine rings is 1. The zero-order valence-electron chi connectivity index (χ0n) is 20.8. The molecule has 1 aliphatic rings. The van der Waals surface area contributed by atoms with Crippen LogP contribution in [0.15, 0.2) is 29.1 Å². The van der Waals surface area contributed by atoms with Gasteiger partial charge in [-0.25, -0.2) is 9.18 Å². The third kappa shape index (κ3) is 4.38. The Morgan fingerprint density at radius 2 is 1.94 bits per heavy atom. The van der Waals surface area contributed by atoms with Gasteiger partial charge in [0.2, 0.25) is 0 Å². The number of methoxy groups -OCH3 is 1. The lowest BCUT2D eigenvalue weighted by Crippen LogP contribution is -2.33. The van der Waals surface area contributed by atoms with Crippen LogP contribution in [-0.4, -0.2) is 35.0 Å². The lowest BCUT2D eigenvalue weighted by Gasteiger charge is -2.29.